The fraction of sp³-hybridized carbons (Fsp3) is 0.417. The molecule has 1 atom stereocenters. The van der Waals surface area contributed by atoms with Gasteiger partial charge in [0.15, 0.2) is 17.5 Å². The maximum Gasteiger partial charge on any atom is 0.175 e. The molecule has 1 aromatic carbocycles. The Morgan fingerprint density at radius 3 is 2.72 bits per heavy atom. The van der Waals surface area contributed by atoms with Crippen molar-refractivity contribution >= 4 is 21.9 Å². The van der Waals surface area contributed by atoms with Crippen molar-refractivity contribution in [2.75, 3.05) is 13.7 Å². The molecule has 0 bridgehead atoms. The third-order valence-electron chi connectivity index (χ3n) is 2.39. The van der Waals surface area contributed by atoms with Crippen LogP contribution in [0.4, 0.5) is 0 Å². The summed E-state index contributed by atoms with van der Waals surface area (Å²) in [5.41, 5.74) is 4.04. The molecule has 0 aliphatic rings. The SMILES string of the molecule is CCCOc1c(Br)cc([C@H]([NH3+])C(=O)[O-])cc1OC. The second-order valence-electron chi connectivity index (χ2n) is 3.75. The van der Waals surface area contributed by atoms with E-state index in [4.69, 9.17) is 9.47 Å². The van der Waals surface area contributed by atoms with Gasteiger partial charge in [0, 0.05) is 5.56 Å². The van der Waals surface area contributed by atoms with Crippen molar-refractivity contribution in [2.24, 2.45) is 0 Å². The Bertz CT molecular complexity index is 436. The molecule has 0 saturated carbocycles. The number of carboxylic acid groups (broad SMARTS) is 1. The smallest absolute Gasteiger partial charge is 0.175 e. The number of methoxy groups -OCH3 is 1. The summed E-state index contributed by atoms with van der Waals surface area (Å²) < 4.78 is 11.4. The molecule has 0 spiro atoms. The van der Waals surface area contributed by atoms with Crippen LogP contribution >= 0.6 is 15.9 Å². The van der Waals surface area contributed by atoms with Gasteiger partial charge in [0.2, 0.25) is 0 Å². The molecule has 18 heavy (non-hydrogen) atoms. The molecule has 0 unspecified atom stereocenters. The van der Waals surface area contributed by atoms with Crippen LogP contribution in [-0.4, -0.2) is 19.7 Å². The molecule has 100 valence electrons. The van der Waals surface area contributed by atoms with Crippen LogP contribution in [0.5, 0.6) is 11.5 Å². The van der Waals surface area contributed by atoms with Gasteiger partial charge in [-0.05, 0) is 34.5 Å². The largest absolute Gasteiger partial charge is 0.544 e. The fourth-order valence-corrected chi connectivity index (χ4v) is 2.00. The van der Waals surface area contributed by atoms with Crippen molar-refractivity contribution in [3.05, 3.63) is 22.2 Å². The minimum absolute atomic E-state index is 0.475. The lowest BCUT2D eigenvalue weighted by Gasteiger charge is -2.16. The number of quaternary nitrogens is 1. The summed E-state index contributed by atoms with van der Waals surface area (Å²) >= 11 is 3.34. The highest BCUT2D eigenvalue weighted by Crippen LogP contribution is 2.37. The van der Waals surface area contributed by atoms with E-state index in [2.05, 4.69) is 21.7 Å². The van der Waals surface area contributed by atoms with Crippen molar-refractivity contribution in [1.29, 1.82) is 0 Å². The quantitative estimate of drug-likeness (QED) is 0.816. The van der Waals surface area contributed by atoms with Crippen LogP contribution in [0.25, 0.3) is 0 Å². The van der Waals surface area contributed by atoms with E-state index in [9.17, 15) is 9.90 Å². The van der Waals surface area contributed by atoms with Crippen LogP contribution in [0.2, 0.25) is 0 Å². The highest BCUT2D eigenvalue weighted by Gasteiger charge is 2.17. The van der Waals surface area contributed by atoms with E-state index in [-0.39, 0.29) is 0 Å². The van der Waals surface area contributed by atoms with Gasteiger partial charge in [-0.15, -0.1) is 0 Å². The van der Waals surface area contributed by atoms with Crippen LogP contribution in [0.15, 0.2) is 16.6 Å². The Kier molecular flexibility index (Phi) is 5.43. The standard InChI is InChI=1S/C12H16BrNO4/c1-3-4-18-11-8(13)5-7(6-9(11)17-2)10(14)12(15)16/h5-6,10H,3-4,14H2,1-2H3,(H,15,16)/t10-/m0/s1. The van der Waals surface area contributed by atoms with Crippen molar-refractivity contribution in [3.8, 4) is 11.5 Å². The number of aliphatic carboxylic acids is 1. The first-order chi connectivity index (χ1) is 8.51. The Balaban J connectivity index is 3.13. The molecule has 5 nitrogen and oxygen atoms in total. The molecular weight excluding hydrogens is 302 g/mol. The molecule has 0 aliphatic carbocycles. The molecule has 1 rings (SSSR count). The Hall–Kier alpha value is -1.27. The van der Waals surface area contributed by atoms with E-state index >= 15 is 0 Å². The number of rotatable bonds is 6. The number of halogens is 1. The van der Waals surface area contributed by atoms with Crippen LogP contribution in [0.1, 0.15) is 24.9 Å². The zero-order chi connectivity index (χ0) is 13.7. The Morgan fingerprint density at radius 1 is 1.56 bits per heavy atom. The maximum atomic E-state index is 10.8. The molecule has 0 radical (unpaired) electrons. The lowest BCUT2D eigenvalue weighted by atomic mass is 10.1. The highest BCUT2D eigenvalue weighted by molar-refractivity contribution is 9.10. The molecule has 0 heterocycles. The Morgan fingerprint density at radius 2 is 2.22 bits per heavy atom. The predicted octanol–water partition coefficient (Wildman–Crippen LogP) is 0.279. The molecular formula is C12H16BrNO4. The van der Waals surface area contributed by atoms with Crippen molar-refractivity contribution in [1.82, 2.24) is 0 Å². The topological polar surface area (TPSA) is 86.2 Å². The first-order valence-electron chi connectivity index (χ1n) is 5.55. The third kappa shape index (κ3) is 3.36. The summed E-state index contributed by atoms with van der Waals surface area (Å²) in [4.78, 5) is 10.8. The van der Waals surface area contributed by atoms with Crippen LogP contribution in [-0.2, 0) is 4.79 Å². The molecule has 0 saturated heterocycles. The molecule has 0 aliphatic heterocycles. The number of carboxylic acids is 1. The summed E-state index contributed by atoms with van der Waals surface area (Å²) in [5.74, 6) is -0.192. The zero-order valence-electron chi connectivity index (χ0n) is 10.4. The summed E-state index contributed by atoms with van der Waals surface area (Å²) in [6, 6.07) is 2.31. The molecule has 6 heteroatoms. The number of hydrogen-bond acceptors (Lipinski definition) is 4. The van der Waals surface area contributed by atoms with Gasteiger partial charge in [-0.1, -0.05) is 6.92 Å². The maximum absolute atomic E-state index is 10.8. The normalized spacial score (nSPS) is 12.0. The van der Waals surface area contributed by atoms with Crippen molar-refractivity contribution < 1.29 is 25.1 Å². The first kappa shape index (κ1) is 14.8. The van der Waals surface area contributed by atoms with Crippen molar-refractivity contribution in [2.45, 2.75) is 19.4 Å². The van der Waals surface area contributed by atoms with E-state index < -0.39 is 12.0 Å². The molecule has 0 fully saturated rings. The van der Waals surface area contributed by atoms with Gasteiger partial charge in [-0.2, -0.15) is 0 Å². The van der Waals surface area contributed by atoms with Crippen LogP contribution in [0.3, 0.4) is 0 Å². The summed E-state index contributed by atoms with van der Waals surface area (Å²) in [6.07, 6.45) is 0.869. The monoisotopic (exact) mass is 317 g/mol. The van der Waals surface area contributed by atoms with Crippen molar-refractivity contribution in [3.63, 3.8) is 0 Å². The lowest BCUT2D eigenvalue weighted by molar-refractivity contribution is -0.443. The minimum atomic E-state index is -1.23. The second kappa shape index (κ2) is 6.61. The number of ether oxygens (including phenoxy) is 2. The summed E-state index contributed by atoms with van der Waals surface area (Å²) in [6.45, 7) is 2.55. The summed E-state index contributed by atoms with van der Waals surface area (Å²) in [5, 5.41) is 10.8. The summed E-state index contributed by atoms with van der Waals surface area (Å²) in [7, 11) is 1.50. The second-order valence-corrected chi connectivity index (χ2v) is 4.61. The van der Waals surface area contributed by atoms with E-state index in [1.54, 1.807) is 12.1 Å². The minimum Gasteiger partial charge on any atom is -0.544 e. The average molecular weight is 318 g/mol. The number of benzene rings is 1. The van der Waals surface area contributed by atoms with E-state index in [1.165, 1.54) is 7.11 Å². The van der Waals surface area contributed by atoms with Gasteiger partial charge in [-0.25, -0.2) is 0 Å². The molecule has 1 aromatic rings. The predicted molar refractivity (Wildman–Crippen MR) is 67.1 cm³/mol. The van der Waals surface area contributed by atoms with E-state index in [0.29, 0.717) is 28.1 Å². The lowest BCUT2D eigenvalue weighted by Crippen LogP contribution is -2.61. The number of carbonyl (C=O) groups excluding carboxylic acids is 1. The molecule has 0 aromatic heterocycles. The van der Waals surface area contributed by atoms with E-state index in [1.807, 2.05) is 6.92 Å². The van der Waals surface area contributed by atoms with Gasteiger partial charge < -0.3 is 25.1 Å². The van der Waals surface area contributed by atoms with Gasteiger partial charge in [0.05, 0.1) is 18.2 Å². The molecule has 3 N–H and O–H groups in total. The fourth-order valence-electron chi connectivity index (χ4n) is 1.42. The number of carbonyl (C=O) groups is 1. The molecule has 0 amide bonds. The zero-order valence-corrected chi connectivity index (χ0v) is 12.0. The van der Waals surface area contributed by atoms with Gasteiger partial charge >= 0.3 is 0 Å². The first-order valence-corrected chi connectivity index (χ1v) is 6.34. The van der Waals surface area contributed by atoms with Crippen LogP contribution < -0.4 is 20.3 Å². The van der Waals surface area contributed by atoms with Gasteiger partial charge in [0.25, 0.3) is 0 Å². The van der Waals surface area contributed by atoms with Crippen LogP contribution in [0, 0.1) is 0 Å². The highest BCUT2D eigenvalue weighted by atomic mass is 79.9. The third-order valence-corrected chi connectivity index (χ3v) is 2.98. The number of hydrogen-bond donors (Lipinski definition) is 1. The average Bonchev–Trinajstić information content (AvgIpc) is 2.35. The van der Waals surface area contributed by atoms with Gasteiger partial charge in [-0.3, -0.25) is 0 Å². The van der Waals surface area contributed by atoms with Gasteiger partial charge in [0.1, 0.15) is 5.97 Å². The van der Waals surface area contributed by atoms with E-state index in [0.717, 1.165) is 6.42 Å². The Labute approximate surface area is 114 Å².